The molecule has 0 spiro atoms. The Morgan fingerprint density at radius 3 is 2.56 bits per heavy atom. The van der Waals surface area contributed by atoms with Crippen molar-refractivity contribution in [3.63, 3.8) is 0 Å². The molecule has 0 aliphatic heterocycles. The molecule has 2 unspecified atom stereocenters. The average molecular weight is 351 g/mol. The second-order valence-electron chi connectivity index (χ2n) is 5.81. The first-order chi connectivity index (χ1) is 11.8. The van der Waals surface area contributed by atoms with E-state index in [1.54, 1.807) is 0 Å². The number of hydrogen-bond donors (Lipinski definition) is 1. The lowest BCUT2D eigenvalue weighted by molar-refractivity contribution is -0.159. The van der Waals surface area contributed by atoms with Crippen molar-refractivity contribution in [3.8, 4) is 11.6 Å². The van der Waals surface area contributed by atoms with Crippen LogP contribution in [0, 0.1) is 5.92 Å². The van der Waals surface area contributed by atoms with Crippen molar-refractivity contribution in [2.24, 2.45) is 5.92 Å². The van der Waals surface area contributed by atoms with Crippen LogP contribution in [0.25, 0.3) is 11.6 Å². The predicted octanol–water partition coefficient (Wildman–Crippen LogP) is 3.87. The van der Waals surface area contributed by atoms with E-state index in [1.807, 2.05) is 13.0 Å². The normalized spacial score (nSPS) is 18.8. The molecule has 6 nitrogen and oxygen atoms in total. The van der Waals surface area contributed by atoms with Gasteiger partial charge < -0.3 is 9.84 Å². The first kappa shape index (κ1) is 17.1. The van der Waals surface area contributed by atoms with Gasteiger partial charge in [0.25, 0.3) is 0 Å². The van der Waals surface area contributed by atoms with Crippen molar-refractivity contribution in [1.29, 1.82) is 0 Å². The van der Waals surface area contributed by atoms with Gasteiger partial charge >= 0.3 is 12.1 Å². The maximum absolute atomic E-state index is 12.5. The Bertz CT molecular complexity index is 795. The number of anilines is 1. The number of rotatable bonds is 4. The van der Waals surface area contributed by atoms with Gasteiger partial charge in [0.15, 0.2) is 0 Å². The van der Waals surface area contributed by atoms with Crippen molar-refractivity contribution >= 4 is 5.69 Å². The zero-order chi connectivity index (χ0) is 18.0. The van der Waals surface area contributed by atoms with Crippen LogP contribution in [0.2, 0.25) is 0 Å². The molecule has 9 heteroatoms. The molecule has 0 bridgehead atoms. The lowest BCUT2D eigenvalue weighted by Gasteiger charge is -2.24. The predicted molar refractivity (Wildman–Crippen MR) is 84.4 cm³/mol. The highest BCUT2D eigenvalue weighted by molar-refractivity contribution is 5.48. The average Bonchev–Trinajstić information content (AvgIpc) is 3.06. The van der Waals surface area contributed by atoms with Crippen LogP contribution in [0.4, 0.5) is 18.9 Å². The van der Waals surface area contributed by atoms with Crippen molar-refractivity contribution in [3.05, 3.63) is 42.1 Å². The third-order valence-corrected chi connectivity index (χ3v) is 3.89. The standard InChI is InChI=1S/C16H16F3N5O/c1-9-5-3-4-6-12(9)10(2)22-11-7-20-13(21-8-11)14-23-15(25-24-14)16(17,18)19/h3-4,6-10,22H,5H2,1-2H3. The number of halogens is 3. The highest BCUT2D eigenvalue weighted by atomic mass is 19.4. The molecular weight excluding hydrogens is 335 g/mol. The van der Waals surface area contributed by atoms with Crippen molar-refractivity contribution < 1.29 is 17.7 Å². The summed E-state index contributed by atoms with van der Waals surface area (Å²) in [4.78, 5) is 11.3. The zero-order valence-electron chi connectivity index (χ0n) is 13.6. The summed E-state index contributed by atoms with van der Waals surface area (Å²) in [5.41, 5.74) is 1.91. The lowest BCUT2D eigenvalue weighted by Crippen LogP contribution is -2.23. The van der Waals surface area contributed by atoms with Gasteiger partial charge in [0.2, 0.25) is 11.6 Å². The second-order valence-corrected chi connectivity index (χ2v) is 5.81. The van der Waals surface area contributed by atoms with E-state index in [0.717, 1.165) is 6.42 Å². The first-order valence-electron chi connectivity index (χ1n) is 7.71. The molecule has 0 aromatic carbocycles. The molecule has 0 fully saturated rings. The number of nitrogens with one attached hydrogen (secondary N) is 1. The lowest BCUT2D eigenvalue weighted by atomic mass is 9.89. The minimum Gasteiger partial charge on any atom is -0.376 e. The van der Waals surface area contributed by atoms with Crippen molar-refractivity contribution in [1.82, 2.24) is 20.1 Å². The van der Waals surface area contributed by atoms with Crippen LogP contribution in [0.15, 0.2) is 40.7 Å². The van der Waals surface area contributed by atoms with Gasteiger partial charge in [-0.2, -0.15) is 18.2 Å². The minimum atomic E-state index is -4.69. The summed E-state index contributed by atoms with van der Waals surface area (Å²) in [5.74, 6) is -1.33. The number of allylic oxidation sites excluding steroid dienone is 3. The molecule has 25 heavy (non-hydrogen) atoms. The summed E-state index contributed by atoms with van der Waals surface area (Å²) in [5, 5.41) is 6.54. The molecule has 132 valence electrons. The van der Waals surface area contributed by atoms with Crippen LogP contribution >= 0.6 is 0 Å². The van der Waals surface area contributed by atoms with Crippen LogP contribution < -0.4 is 5.32 Å². The molecule has 0 saturated carbocycles. The zero-order valence-corrected chi connectivity index (χ0v) is 13.6. The molecule has 1 N–H and O–H groups in total. The number of hydrogen-bond acceptors (Lipinski definition) is 6. The Morgan fingerprint density at radius 2 is 1.96 bits per heavy atom. The summed E-state index contributed by atoms with van der Waals surface area (Å²) in [6.45, 7) is 4.19. The van der Waals surface area contributed by atoms with Crippen molar-refractivity contribution in [2.75, 3.05) is 5.32 Å². The topological polar surface area (TPSA) is 76.7 Å². The van der Waals surface area contributed by atoms with Gasteiger partial charge in [-0.3, -0.25) is 0 Å². The van der Waals surface area contributed by atoms with Crippen LogP contribution in [0.5, 0.6) is 0 Å². The van der Waals surface area contributed by atoms with Gasteiger partial charge in [0.1, 0.15) is 0 Å². The van der Waals surface area contributed by atoms with E-state index in [2.05, 4.69) is 49.0 Å². The van der Waals surface area contributed by atoms with E-state index in [-0.39, 0.29) is 17.7 Å². The SMILES string of the molecule is CC1CC=CC=C1C(C)Nc1cnc(-c2noc(C(F)(F)F)n2)nc1. The molecule has 0 saturated heterocycles. The fraction of sp³-hybridized carbons (Fsp3) is 0.375. The molecular formula is C16H16F3N5O. The molecule has 0 radical (unpaired) electrons. The molecule has 1 aliphatic rings. The Hall–Kier alpha value is -2.71. The van der Waals surface area contributed by atoms with Gasteiger partial charge in [0, 0.05) is 6.04 Å². The fourth-order valence-electron chi connectivity index (χ4n) is 2.61. The van der Waals surface area contributed by atoms with E-state index in [4.69, 9.17) is 0 Å². The van der Waals surface area contributed by atoms with Gasteiger partial charge in [0.05, 0.1) is 18.1 Å². The maximum atomic E-state index is 12.5. The quantitative estimate of drug-likeness (QED) is 0.901. The van der Waals surface area contributed by atoms with E-state index >= 15 is 0 Å². The Morgan fingerprint density at radius 1 is 1.24 bits per heavy atom. The third kappa shape index (κ3) is 3.86. The van der Waals surface area contributed by atoms with Crippen LogP contribution in [-0.4, -0.2) is 26.2 Å². The smallest absolute Gasteiger partial charge is 0.376 e. The Balaban J connectivity index is 1.71. The third-order valence-electron chi connectivity index (χ3n) is 3.89. The molecule has 0 amide bonds. The van der Waals surface area contributed by atoms with E-state index in [0.29, 0.717) is 11.6 Å². The monoisotopic (exact) mass is 351 g/mol. The molecule has 2 aromatic rings. The molecule has 2 aromatic heterocycles. The summed E-state index contributed by atoms with van der Waals surface area (Å²) in [6.07, 6.45) is 5.49. The van der Waals surface area contributed by atoms with Crippen LogP contribution in [0.1, 0.15) is 26.2 Å². The summed E-state index contributed by atoms with van der Waals surface area (Å²) < 4.78 is 41.6. The van der Waals surface area contributed by atoms with Crippen LogP contribution in [-0.2, 0) is 6.18 Å². The van der Waals surface area contributed by atoms with E-state index in [1.165, 1.54) is 18.0 Å². The van der Waals surface area contributed by atoms with Gasteiger partial charge in [-0.05, 0) is 24.8 Å². The highest BCUT2D eigenvalue weighted by Gasteiger charge is 2.38. The van der Waals surface area contributed by atoms with E-state index < -0.39 is 12.1 Å². The largest absolute Gasteiger partial charge is 0.471 e. The van der Waals surface area contributed by atoms with Gasteiger partial charge in [-0.1, -0.05) is 30.3 Å². The Kier molecular flexibility index (Phi) is 4.56. The van der Waals surface area contributed by atoms with Crippen molar-refractivity contribution in [2.45, 2.75) is 32.5 Å². The molecule has 2 heterocycles. The number of alkyl halides is 3. The molecule has 2 atom stereocenters. The molecule has 3 rings (SSSR count). The minimum absolute atomic E-state index is 0.0364. The summed E-state index contributed by atoms with van der Waals surface area (Å²) >= 11 is 0. The Labute approximate surface area is 141 Å². The fourth-order valence-corrected chi connectivity index (χ4v) is 2.61. The highest BCUT2D eigenvalue weighted by Crippen LogP contribution is 2.29. The molecule has 1 aliphatic carbocycles. The number of nitrogens with zero attached hydrogens (tertiary/aromatic N) is 4. The summed E-state index contributed by atoms with van der Waals surface area (Å²) in [6, 6.07) is 0.0800. The van der Waals surface area contributed by atoms with Gasteiger partial charge in [-0.25, -0.2) is 9.97 Å². The van der Waals surface area contributed by atoms with Gasteiger partial charge in [-0.15, -0.1) is 0 Å². The summed E-state index contributed by atoms with van der Waals surface area (Å²) in [7, 11) is 0. The van der Waals surface area contributed by atoms with Crippen LogP contribution in [0.3, 0.4) is 0 Å². The van der Waals surface area contributed by atoms with E-state index in [9.17, 15) is 13.2 Å². The second kappa shape index (κ2) is 6.66. The number of aromatic nitrogens is 4. The first-order valence-corrected chi connectivity index (χ1v) is 7.71. The maximum Gasteiger partial charge on any atom is 0.471 e.